The predicted molar refractivity (Wildman–Crippen MR) is 94.4 cm³/mol. The summed E-state index contributed by atoms with van der Waals surface area (Å²) in [6.45, 7) is 0.745. The van der Waals surface area contributed by atoms with Crippen molar-refractivity contribution in [2.75, 3.05) is 13.1 Å². The molecule has 5 aliphatic rings. The quantitative estimate of drug-likeness (QED) is 0.693. The van der Waals surface area contributed by atoms with Gasteiger partial charge in [0, 0.05) is 25.0 Å². The number of nitrogens with zero attached hydrogens (tertiary/aromatic N) is 1. The molecule has 0 aromatic heterocycles. The van der Waals surface area contributed by atoms with E-state index in [1.54, 1.807) is 0 Å². The van der Waals surface area contributed by atoms with Gasteiger partial charge in [0.05, 0.1) is 0 Å². The van der Waals surface area contributed by atoms with Crippen molar-refractivity contribution >= 4 is 17.9 Å². The van der Waals surface area contributed by atoms with E-state index >= 15 is 0 Å². The van der Waals surface area contributed by atoms with Crippen LogP contribution in [0.4, 0.5) is 4.79 Å². The van der Waals surface area contributed by atoms with Crippen LogP contribution >= 0.6 is 0 Å². The summed E-state index contributed by atoms with van der Waals surface area (Å²) in [7, 11) is 0. The van der Waals surface area contributed by atoms with Crippen molar-refractivity contribution in [2.24, 2.45) is 17.8 Å². The lowest BCUT2D eigenvalue weighted by atomic mass is 9.53. The van der Waals surface area contributed by atoms with E-state index in [0.717, 1.165) is 43.4 Å². The van der Waals surface area contributed by atoms with Gasteiger partial charge in [-0.2, -0.15) is 0 Å². The van der Waals surface area contributed by atoms with E-state index in [2.05, 4.69) is 10.6 Å². The Balaban J connectivity index is 1.23. The number of rotatable bonds is 5. The highest BCUT2D eigenvalue weighted by Crippen LogP contribution is 2.55. The van der Waals surface area contributed by atoms with Gasteiger partial charge in [-0.05, 0) is 69.1 Å². The van der Waals surface area contributed by atoms with Gasteiger partial charge in [-0.15, -0.1) is 0 Å². The van der Waals surface area contributed by atoms with Crippen LogP contribution in [0.5, 0.6) is 0 Å². The van der Waals surface area contributed by atoms with Gasteiger partial charge in [0.2, 0.25) is 5.91 Å². The molecule has 4 aliphatic carbocycles. The first-order chi connectivity index (χ1) is 12.4. The molecule has 26 heavy (non-hydrogen) atoms. The number of aliphatic carboxylic acids is 1. The van der Waals surface area contributed by atoms with E-state index in [4.69, 9.17) is 5.11 Å². The lowest BCUT2D eigenvalue weighted by molar-refractivity contribution is -0.148. The summed E-state index contributed by atoms with van der Waals surface area (Å²) in [6.07, 6.45) is 8.67. The van der Waals surface area contributed by atoms with Crippen molar-refractivity contribution in [1.82, 2.24) is 15.5 Å². The third-order valence-corrected chi connectivity index (χ3v) is 6.90. The topological polar surface area (TPSA) is 98.7 Å². The molecule has 1 saturated heterocycles. The summed E-state index contributed by atoms with van der Waals surface area (Å²) in [5.41, 5.74) is -0.0355. The maximum atomic E-state index is 12.4. The second-order valence-corrected chi connectivity index (χ2v) is 8.91. The first-order valence-corrected chi connectivity index (χ1v) is 10.0. The maximum Gasteiger partial charge on any atom is 0.326 e. The van der Waals surface area contributed by atoms with Crippen LogP contribution in [0.2, 0.25) is 0 Å². The number of likely N-dealkylation sites (tertiary alicyclic amines) is 1. The van der Waals surface area contributed by atoms with Gasteiger partial charge in [0.25, 0.3) is 0 Å². The van der Waals surface area contributed by atoms with Crippen molar-refractivity contribution in [3.63, 3.8) is 0 Å². The van der Waals surface area contributed by atoms with Crippen LogP contribution in [0.15, 0.2) is 0 Å². The predicted octanol–water partition coefficient (Wildman–Crippen LogP) is 1.72. The molecule has 4 bridgehead atoms. The molecule has 7 nitrogen and oxygen atoms in total. The molecule has 0 aromatic carbocycles. The second-order valence-electron chi connectivity index (χ2n) is 8.91. The summed E-state index contributed by atoms with van der Waals surface area (Å²) in [5, 5.41) is 15.2. The standard InChI is InChI=1S/C19H29N3O4/c23-16(22-5-1-2-15(22)17(24)25)3-4-20-18(26)21-19-9-12-6-13(10-19)8-14(7-12)11-19/h12-15H,1-11H2,(H,24,25)(H2,20,21,26)/t12?,13?,14?,15-,19?/m0/s1. The van der Waals surface area contributed by atoms with Gasteiger partial charge in [-0.3, -0.25) is 4.79 Å². The summed E-state index contributed by atoms with van der Waals surface area (Å²) >= 11 is 0. The number of nitrogens with one attached hydrogen (secondary N) is 2. The lowest BCUT2D eigenvalue weighted by Gasteiger charge is -2.56. The Hall–Kier alpha value is -1.79. The van der Waals surface area contributed by atoms with Crippen LogP contribution in [-0.4, -0.2) is 52.6 Å². The third kappa shape index (κ3) is 3.40. The Morgan fingerprint density at radius 1 is 1.04 bits per heavy atom. The number of hydrogen-bond acceptors (Lipinski definition) is 3. The van der Waals surface area contributed by atoms with E-state index in [1.807, 2.05) is 0 Å². The SMILES string of the molecule is O=C(NCCC(=O)N1CCC[C@H]1C(=O)O)NC12CC3CC(CC(C3)C1)C2. The molecular formula is C19H29N3O4. The fourth-order valence-corrected chi connectivity index (χ4v) is 6.30. The van der Waals surface area contributed by atoms with E-state index in [-0.39, 0.29) is 30.4 Å². The Kier molecular flexibility index (Phi) is 4.57. The van der Waals surface area contributed by atoms with Crippen molar-refractivity contribution < 1.29 is 19.5 Å². The molecule has 1 atom stereocenters. The molecule has 7 heteroatoms. The maximum absolute atomic E-state index is 12.4. The number of carboxylic acid groups (broad SMARTS) is 1. The minimum atomic E-state index is -0.941. The number of carbonyl (C=O) groups excluding carboxylic acids is 2. The normalized spacial score (nSPS) is 37.6. The molecule has 1 aliphatic heterocycles. The molecule has 3 amide bonds. The van der Waals surface area contributed by atoms with Crippen LogP contribution < -0.4 is 10.6 Å². The van der Waals surface area contributed by atoms with Gasteiger partial charge in [-0.25, -0.2) is 9.59 Å². The van der Waals surface area contributed by atoms with Gasteiger partial charge < -0.3 is 20.6 Å². The zero-order valence-corrected chi connectivity index (χ0v) is 15.2. The van der Waals surface area contributed by atoms with Crippen LogP contribution in [0.1, 0.15) is 57.8 Å². The molecule has 5 rings (SSSR count). The number of hydrogen-bond donors (Lipinski definition) is 3. The van der Waals surface area contributed by atoms with Crippen molar-refractivity contribution in [2.45, 2.75) is 69.4 Å². The lowest BCUT2D eigenvalue weighted by Crippen LogP contribution is -2.61. The zero-order valence-electron chi connectivity index (χ0n) is 15.2. The van der Waals surface area contributed by atoms with Crippen LogP contribution in [0.25, 0.3) is 0 Å². The molecular weight excluding hydrogens is 334 g/mol. The van der Waals surface area contributed by atoms with Crippen molar-refractivity contribution in [1.29, 1.82) is 0 Å². The molecule has 144 valence electrons. The fourth-order valence-electron chi connectivity index (χ4n) is 6.30. The van der Waals surface area contributed by atoms with Gasteiger partial charge in [0.1, 0.15) is 6.04 Å². The smallest absolute Gasteiger partial charge is 0.326 e. The van der Waals surface area contributed by atoms with E-state index in [1.165, 1.54) is 24.2 Å². The first kappa shape index (κ1) is 17.6. The molecule has 4 saturated carbocycles. The Bertz CT molecular complexity index is 570. The molecule has 3 N–H and O–H groups in total. The number of amides is 3. The summed E-state index contributed by atoms with van der Waals surface area (Å²) in [6, 6.07) is -0.890. The average Bonchev–Trinajstić information content (AvgIpc) is 3.02. The highest BCUT2D eigenvalue weighted by atomic mass is 16.4. The first-order valence-electron chi connectivity index (χ1n) is 10.0. The second kappa shape index (κ2) is 6.74. The van der Waals surface area contributed by atoms with Gasteiger partial charge in [-0.1, -0.05) is 0 Å². The summed E-state index contributed by atoms with van der Waals surface area (Å²) < 4.78 is 0. The van der Waals surface area contributed by atoms with Crippen molar-refractivity contribution in [3.8, 4) is 0 Å². The largest absolute Gasteiger partial charge is 0.480 e. The van der Waals surface area contributed by atoms with Crippen LogP contribution in [-0.2, 0) is 9.59 Å². The fraction of sp³-hybridized carbons (Fsp3) is 0.842. The van der Waals surface area contributed by atoms with E-state index < -0.39 is 12.0 Å². The highest BCUT2D eigenvalue weighted by Gasteiger charge is 2.51. The Morgan fingerprint density at radius 2 is 1.65 bits per heavy atom. The highest BCUT2D eigenvalue weighted by molar-refractivity contribution is 5.84. The van der Waals surface area contributed by atoms with Crippen molar-refractivity contribution in [3.05, 3.63) is 0 Å². The molecule has 0 radical (unpaired) electrons. The molecule has 0 aromatic rings. The molecule has 5 fully saturated rings. The summed E-state index contributed by atoms with van der Waals surface area (Å²) in [4.78, 5) is 37.2. The molecule has 0 unspecified atom stereocenters. The molecule has 0 spiro atoms. The van der Waals surface area contributed by atoms with Gasteiger partial charge in [0.15, 0.2) is 0 Å². The van der Waals surface area contributed by atoms with Gasteiger partial charge >= 0.3 is 12.0 Å². The average molecular weight is 363 g/mol. The van der Waals surface area contributed by atoms with E-state index in [9.17, 15) is 14.4 Å². The number of carbonyl (C=O) groups is 3. The van der Waals surface area contributed by atoms with E-state index in [0.29, 0.717) is 13.0 Å². The van der Waals surface area contributed by atoms with Crippen LogP contribution in [0, 0.1) is 17.8 Å². The minimum absolute atomic E-state index is 0.0355. The Morgan fingerprint density at radius 3 is 2.23 bits per heavy atom. The third-order valence-electron chi connectivity index (χ3n) is 6.90. The zero-order chi connectivity index (χ0) is 18.3. The number of carboxylic acids is 1. The minimum Gasteiger partial charge on any atom is -0.480 e. The van der Waals surface area contributed by atoms with Crippen LogP contribution in [0.3, 0.4) is 0 Å². The summed E-state index contributed by atoms with van der Waals surface area (Å²) in [5.74, 6) is 1.18. The molecule has 1 heterocycles. The monoisotopic (exact) mass is 363 g/mol. The number of urea groups is 1. The Labute approximate surface area is 153 Å².